The molecule has 1 atom stereocenters. The van der Waals surface area contributed by atoms with E-state index in [0.29, 0.717) is 32.3 Å². The number of carbonyl (C=O) groups excluding carboxylic acids is 4. The van der Waals surface area contributed by atoms with Crippen molar-refractivity contribution in [2.75, 3.05) is 20.2 Å². The number of likely N-dealkylation sites (N-methyl/N-ethyl adjacent to an activating group) is 1. The molecule has 1 heterocycles. The third-order valence-electron chi connectivity index (χ3n) is 4.10. The quantitative estimate of drug-likeness (QED) is 0.334. The molecule has 0 saturated heterocycles. The lowest BCUT2D eigenvalue weighted by Crippen LogP contribution is -2.48. The van der Waals surface area contributed by atoms with Gasteiger partial charge < -0.3 is 9.64 Å². The van der Waals surface area contributed by atoms with E-state index in [4.69, 9.17) is 4.74 Å². The Bertz CT molecular complexity index is 562. The highest BCUT2D eigenvalue weighted by atomic mass is 16.5. The lowest BCUT2D eigenvalue weighted by atomic mass is 9.99. The lowest BCUT2D eigenvalue weighted by molar-refractivity contribution is -0.143. The molecule has 0 fully saturated rings. The van der Waals surface area contributed by atoms with Gasteiger partial charge in [0.25, 0.3) is 11.8 Å². The van der Waals surface area contributed by atoms with Crippen LogP contribution in [0.25, 0.3) is 0 Å². The number of hydrogen-bond acceptors (Lipinski definition) is 5. The summed E-state index contributed by atoms with van der Waals surface area (Å²) >= 11 is 0. The summed E-state index contributed by atoms with van der Waals surface area (Å²) < 4.78 is 5.74. The molecular weight excluding hydrogens is 324 g/mol. The molecule has 0 aromatic heterocycles. The smallest absolute Gasteiger partial charge is 0.254 e. The van der Waals surface area contributed by atoms with Crippen LogP contribution in [0.2, 0.25) is 0 Å². The van der Waals surface area contributed by atoms with Gasteiger partial charge in [0.05, 0.1) is 6.10 Å². The van der Waals surface area contributed by atoms with Gasteiger partial charge in [-0.15, -0.1) is 0 Å². The Morgan fingerprint density at radius 2 is 1.92 bits per heavy atom. The predicted molar refractivity (Wildman–Crippen MR) is 92.6 cm³/mol. The highest BCUT2D eigenvalue weighted by Crippen LogP contribution is 2.23. The van der Waals surface area contributed by atoms with Crippen LogP contribution in [0.1, 0.15) is 33.6 Å². The van der Waals surface area contributed by atoms with Gasteiger partial charge in [-0.3, -0.25) is 24.1 Å². The zero-order valence-electron chi connectivity index (χ0n) is 15.2. The molecule has 0 radical (unpaired) electrons. The Kier molecular flexibility index (Phi) is 7.70. The minimum absolute atomic E-state index is 0.0794. The third-order valence-corrected chi connectivity index (χ3v) is 4.10. The second kappa shape index (κ2) is 9.27. The number of nitrogens with zero attached hydrogens (tertiary/aromatic N) is 2. The molecule has 1 rings (SSSR count). The van der Waals surface area contributed by atoms with Crippen molar-refractivity contribution in [3.8, 4) is 0 Å². The Morgan fingerprint density at radius 3 is 2.48 bits per heavy atom. The summed E-state index contributed by atoms with van der Waals surface area (Å²) in [6.45, 7) is 6.46. The van der Waals surface area contributed by atoms with E-state index < -0.39 is 5.54 Å². The molecule has 0 aliphatic carbocycles. The SMILES string of the molecule is CC(CCN(C)C(=O)/C=C\C=O)OCCC(C)(C)N1C(=O)C=CC1=O. The maximum atomic E-state index is 11.8. The molecule has 7 heteroatoms. The minimum Gasteiger partial charge on any atom is -0.378 e. The van der Waals surface area contributed by atoms with Crippen molar-refractivity contribution in [2.24, 2.45) is 0 Å². The van der Waals surface area contributed by atoms with Crippen LogP contribution in [0.15, 0.2) is 24.3 Å². The normalized spacial score (nSPS) is 15.9. The summed E-state index contributed by atoms with van der Waals surface area (Å²) in [5, 5.41) is 0. The van der Waals surface area contributed by atoms with E-state index in [1.807, 2.05) is 20.8 Å². The fourth-order valence-electron chi connectivity index (χ4n) is 2.44. The molecule has 0 aromatic carbocycles. The summed E-state index contributed by atoms with van der Waals surface area (Å²) in [7, 11) is 1.66. The number of amides is 3. The van der Waals surface area contributed by atoms with E-state index in [1.165, 1.54) is 28.0 Å². The van der Waals surface area contributed by atoms with Gasteiger partial charge in [0, 0.05) is 44.0 Å². The fourth-order valence-corrected chi connectivity index (χ4v) is 2.44. The highest BCUT2D eigenvalue weighted by Gasteiger charge is 2.36. The second-order valence-corrected chi connectivity index (χ2v) is 6.63. The van der Waals surface area contributed by atoms with Crippen LogP contribution in [0.3, 0.4) is 0 Å². The monoisotopic (exact) mass is 350 g/mol. The van der Waals surface area contributed by atoms with Crippen molar-refractivity contribution in [1.29, 1.82) is 0 Å². The minimum atomic E-state index is -0.621. The van der Waals surface area contributed by atoms with Crippen molar-refractivity contribution >= 4 is 24.0 Å². The van der Waals surface area contributed by atoms with Crippen LogP contribution in [0.5, 0.6) is 0 Å². The number of allylic oxidation sites excluding steroid dienone is 1. The zero-order valence-corrected chi connectivity index (χ0v) is 15.2. The summed E-state index contributed by atoms with van der Waals surface area (Å²) in [5.41, 5.74) is -0.621. The van der Waals surface area contributed by atoms with Gasteiger partial charge >= 0.3 is 0 Å². The lowest BCUT2D eigenvalue weighted by Gasteiger charge is -2.34. The first-order chi connectivity index (χ1) is 11.7. The molecule has 0 aromatic rings. The van der Waals surface area contributed by atoms with Crippen molar-refractivity contribution in [1.82, 2.24) is 9.80 Å². The van der Waals surface area contributed by atoms with Gasteiger partial charge in [0.2, 0.25) is 5.91 Å². The number of carbonyl (C=O) groups is 4. The maximum Gasteiger partial charge on any atom is 0.254 e. The first-order valence-electron chi connectivity index (χ1n) is 8.24. The van der Waals surface area contributed by atoms with Gasteiger partial charge in [0.15, 0.2) is 0 Å². The zero-order chi connectivity index (χ0) is 19.0. The van der Waals surface area contributed by atoms with Crippen molar-refractivity contribution in [3.05, 3.63) is 24.3 Å². The van der Waals surface area contributed by atoms with Crippen molar-refractivity contribution in [3.63, 3.8) is 0 Å². The molecular formula is C18H26N2O5. The number of rotatable bonds is 10. The van der Waals surface area contributed by atoms with E-state index in [2.05, 4.69) is 0 Å². The number of ether oxygens (including phenoxy) is 1. The maximum absolute atomic E-state index is 11.8. The van der Waals surface area contributed by atoms with Crippen LogP contribution in [-0.4, -0.2) is 65.6 Å². The molecule has 1 aliphatic rings. The number of imide groups is 1. The van der Waals surface area contributed by atoms with Gasteiger partial charge in [-0.05, 0) is 39.7 Å². The van der Waals surface area contributed by atoms with Gasteiger partial charge in [0.1, 0.15) is 6.29 Å². The Hall–Kier alpha value is -2.28. The van der Waals surface area contributed by atoms with E-state index >= 15 is 0 Å². The van der Waals surface area contributed by atoms with E-state index in [9.17, 15) is 19.2 Å². The van der Waals surface area contributed by atoms with Crippen LogP contribution in [0, 0.1) is 0 Å². The molecule has 138 valence electrons. The first kappa shape index (κ1) is 20.8. The average molecular weight is 350 g/mol. The molecule has 0 N–H and O–H groups in total. The van der Waals surface area contributed by atoms with Gasteiger partial charge in [-0.1, -0.05) is 0 Å². The summed E-state index contributed by atoms with van der Waals surface area (Å²) in [6.07, 6.45) is 6.58. The predicted octanol–water partition coefficient (Wildman–Crippen LogP) is 1.09. The van der Waals surface area contributed by atoms with E-state index in [1.54, 1.807) is 7.05 Å². The average Bonchev–Trinajstić information content (AvgIpc) is 2.89. The number of hydrogen-bond donors (Lipinski definition) is 0. The molecule has 1 aliphatic heterocycles. The molecule has 7 nitrogen and oxygen atoms in total. The topological polar surface area (TPSA) is 84.0 Å². The molecule has 0 bridgehead atoms. The summed E-state index contributed by atoms with van der Waals surface area (Å²) in [5.74, 6) is -0.836. The molecule has 0 saturated carbocycles. The first-order valence-corrected chi connectivity index (χ1v) is 8.24. The van der Waals surface area contributed by atoms with Gasteiger partial charge in [-0.25, -0.2) is 0 Å². The van der Waals surface area contributed by atoms with Gasteiger partial charge in [-0.2, -0.15) is 0 Å². The summed E-state index contributed by atoms with van der Waals surface area (Å²) in [6, 6.07) is 0. The third kappa shape index (κ3) is 6.26. The van der Waals surface area contributed by atoms with Crippen LogP contribution >= 0.6 is 0 Å². The highest BCUT2D eigenvalue weighted by molar-refractivity contribution is 6.13. The largest absolute Gasteiger partial charge is 0.378 e. The molecule has 1 unspecified atom stereocenters. The van der Waals surface area contributed by atoms with Crippen LogP contribution in [-0.2, 0) is 23.9 Å². The second-order valence-electron chi connectivity index (χ2n) is 6.63. The molecule has 3 amide bonds. The van der Waals surface area contributed by atoms with Crippen LogP contribution < -0.4 is 0 Å². The van der Waals surface area contributed by atoms with Crippen molar-refractivity contribution in [2.45, 2.75) is 45.3 Å². The van der Waals surface area contributed by atoms with E-state index in [-0.39, 0.29) is 23.8 Å². The Labute approximate surface area is 148 Å². The van der Waals surface area contributed by atoms with Crippen molar-refractivity contribution < 1.29 is 23.9 Å². The fraction of sp³-hybridized carbons (Fsp3) is 0.556. The Morgan fingerprint density at radius 1 is 1.32 bits per heavy atom. The molecule has 0 spiro atoms. The van der Waals surface area contributed by atoms with Crippen LogP contribution in [0.4, 0.5) is 0 Å². The van der Waals surface area contributed by atoms with E-state index in [0.717, 1.165) is 6.08 Å². The summed E-state index contributed by atoms with van der Waals surface area (Å²) in [4.78, 5) is 48.1. The molecule has 25 heavy (non-hydrogen) atoms. The number of aldehydes is 1. The Balaban J connectivity index is 2.34. The standard InChI is InChI=1S/C18H26N2O5/c1-14(9-11-19(4)15(22)6-5-12-21)25-13-10-18(2,3)20-16(23)7-8-17(20)24/h5-8,12,14H,9-11,13H2,1-4H3/b6-5-.